The van der Waals surface area contributed by atoms with E-state index in [2.05, 4.69) is 31.1 Å². The molecular weight excluding hydrogens is 355 g/mol. The summed E-state index contributed by atoms with van der Waals surface area (Å²) in [6, 6.07) is 1.05. The molecule has 1 aliphatic rings. The highest BCUT2D eigenvalue weighted by molar-refractivity contribution is 9.10. The van der Waals surface area contributed by atoms with Gasteiger partial charge in [-0.2, -0.15) is 24.9 Å². The van der Waals surface area contributed by atoms with Gasteiger partial charge in [0.1, 0.15) is 5.82 Å². The summed E-state index contributed by atoms with van der Waals surface area (Å²) in [6.45, 7) is 3.18. The first-order valence-electron chi connectivity index (χ1n) is 6.23. The van der Waals surface area contributed by atoms with E-state index in [0.29, 0.717) is 11.0 Å². The topological polar surface area (TPSA) is 28.2 Å². The van der Waals surface area contributed by atoms with E-state index in [0.717, 1.165) is 37.2 Å². The van der Waals surface area contributed by atoms with Crippen LogP contribution < -0.4 is 5.32 Å². The molecule has 0 atom stereocenters. The highest BCUT2D eigenvalue weighted by Crippen LogP contribution is 2.35. The van der Waals surface area contributed by atoms with Crippen molar-refractivity contribution in [1.82, 2.24) is 9.88 Å². The molecule has 1 saturated heterocycles. The Bertz CT molecular complexity index is 450. The molecule has 0 aliphatic carbocycles. The van der Waals surface area contributed by atoms with Crippen LogP contribution in [0.4, 0.5) is 19.0 Å². The predicted molar refractivity (Wildman–Crippen MR) is 79.2 cm³/mol. The van der Waals surface area contributed by atoms with Crippen LogP contribution in [0.1, 0.15) is 5.56 Å². The fourth-order valence-corrected chi connectivity index (χ4v) is 3.26. The number of hydrogen-bond donors (Lipinski definition) is 1. The van der Waals surface area contributed by atoms with Crippen molar-refractivity contribution in [3.05, 3.63) is 22.3 Å². The second kappa shape index (κ2) is 7.00. The Morgan fingerprint density at radius 3 is 2.70 bits per heavy atom. The van der Waals surface area contributed by atoms with Crippen molar-refractivity contribution in [3.63, 3.8) is 0 Å². The first-order chi connectivity index (χ1) is 9.47. The smallest absolute Gasteiger partial charge is 0.368 e. The van der Waals surface area contributed by atoms with Crippen molar-refractivity contribution < 1.29 is 13.2 Å². The molecule has 1 fully saturated rings. The summed E-state index contributed by atoms with van der Waals surface area (Å²) < 4.78 is 39.0. The molecular formula is C12H15BrF3N3S. The predicted octanol–water partition coefficient (Wildman–Crippen LogP) is 3.32. The van der Waals surface area contributed by atoms with Crippen molar-refractivity contribution in [2.24, 2.45) is 0 Å². The molecule has 8 heteroatoms. The van der Waals surface area contributed by atoms with Gasteiger partial charge in [-0.05, 0) is 22.0 Å². The van der Waals surface area contributed by atoms with Crippen LogP contribution in [0.5, 0.6) is 0 Å². The molecule has 1 aromatic heterocycles. The first kappa shape index (κ1) is 15.9. The maximum Gasteiger partial charge on any atom is 0.419 e. The molecule has 1 aliphatic heterocycles. The van der Waals surface area contributed by atoms with Crippen LogP contribution in [0, 0.1) is 0 Å². The van der Waals surface area contributed by atoms with E-state index < -0.39 is 11.7 Å². The summed E-state index contributed by atoms with van der Waals surface area (Å²) in [5, 5.41) is 2.79. The van der Waals surface area contributed by atoms with Gasteiger partial charge in [-0.15, -0.1) is 0 Å². The molecule has 112 valence electrons. The number of rotatable bonds is 4. The third kappa shape index (κ3) is 4.53. The summed E-state index contributed by atoms with van der Waals surface area (Å²) in [6.07, 6.45) is -3.03. The minimum atomic E-state index is -4.40. The summed E-state index contributed by atoms with van der Waals surface area (Å²) in [4.78, 5) is 6.07. The number of pyridine rings is 1. The number of halogens is 4. The molecule has 0 saturated carbocycles. The Kier molecular flexibility index (Phi) is 5.57. The molecule has 2 rings (SSSR count). The lowest BCUT2D eigenvalue weighted by molar-refractivity contribution is -0.137. The van der Waals surface area contributed by atoms with E-state index in [1.54, 1.807) is 0 Å². The summed E-state index contributed by atoms with van der Waals surface area (Å²) in [5.74, 6) is 2.07. The van der Waals surface area contributed by atoms with E-state index in [1.807, 2.05) is 11.8 Å². The van der Waals surface area contributed by atoms with Gasteiger partial charge in [0, 0.05) is 48.4 Å². The zero-order chi connectivity index (χ0) is 14.6. The quantitative estimate of drug-likeness (QED) is 0.880. The number of anilines is 1. The van der Waals surface area contributed by atoms with Crippen LogP contribution >= 0.6 is 27.7 Å². The molecule has 3 nitrogen and oxygen atoms in total. The number of aromatic nitrogens is 1. The van der Waals surface area contributed by atoms with Gasteiger partial charge in [-0.3, -0.25) is 4.90 Å². The van der Waals surface area contributed by atoms with Crippen LogP contribution in [0.15, 0.2) is 16.7 Å². The molecule has 0 radical (unpaired) electrons. The van der Waals surface area contributed by atoms with Gasteiger partial charge in [0.25, 0.3) is 0 Å². The van der Waals surface area contributed by atoms with Gasteiger partial charge in [-0.25, -0.2) is 4.98 Å². The lowest BCUT2D eigenvalue weighted by Gasteiger charge is -2.26. The molecule has 20 heavy (non-hydrogen) atoms. The van der Waals surface area contributed by atoms with Gasteiger partial charge in [0.15, 0.2) is 0 Å². The molecule has 0 bridgehead atoms. The van der Waals surface area contributed by atoms with Gasteiger partial charge in [0.2, 0.25) is 0 Å². The molecule has 1 aromatic rings. The van der Waals surface area contributed by atoms with Crippen molar-refractivity contribution >= 4 is 33.5 Å². The largest absolute Gasteiger partial charge is 0.419 e. The molecule has 0 spiro atoms. The van der Waals surface area contributed by atoms with Crippen molar-refractivity contribution in [3.8, 4) is 0 Å². The van der Waals surface area contributed by atoms with Crippen molar-refractivity contribution in [2.75, 3.05) is 43.0 Å². The van der Waals surface area contributed by atoms with E-state index in [-0.39, 0.29) is 5.82 Å². The summed E-state index contributed by atoms with van der Waals surface area (Å²) in [7, 11) is 0. The Balaban J connectivity index is 1.95. The van der Waals surface area contributed by atoms with Crippen LogP contribution in [0.3, 0.4) is 0 Å². The highest BCUT2D eigenvalue weighted by Gasteiger charge is 2.34. The van der Waals surface area contributed by atoms with E-state index in [4.69, 9.17) is 0 Å². The Labute approximate surface area is 128 Å². The molecule has 0 unspecified atom stereocenters. The van der Waals surface area contributed by atoms with Gasteiger partial charge < -0.3 is 5.32 Å². The standard InChI is InChI=1S/C12H15BrF3N3S/c13-9-7-10(12(14,15)16)11(18-8-9)17-1-2-19-3-5-20-6-4-19/h7-8H,1-6H2,(H,17,18). The maximum absolute atomic E-state index is 12.9. The SMILES string of the molecule is FC(F)(F)c1cc(Br)cnc1NCCN1CCSCC1. The van der Waals surface area contributed by atoms with Crippen LogP contribution in [0.25, 0.3) is 0 Å². The number of hydrogen-bond acceptors (Lipinski definition) is 4. The Morgan fingerprint density at radius 1 is 1.35 bits per heavy atom. The number of thioether (sulfide) groups is 1. The van der Waals surface area contributed by atoms with Crippen LogP contribution in [0.2, 0.25) is 0 Å². The minimum Gasteiger partial charge on any atom is -0.368 e. The summed E-state index contributed by atoms with van der Waals surface area (Å²) in [5.41, 5.74) is -0.735. The maximum atomic E-state index is 12.9. The second-order valence-corrected chi connectivity index (χ2v) is 6.57. The van der Waals surface area contributed by atoms with Gasteiger partial charge in [0.05, 0.1) is 5.56 Å². The van der Waals surface area contributed by atoms with Crippen molar-refractivity contribution in [1.29, 1.82) is 0 Å². The Hall–Kier alpha value is -0.470. The van der Waals surface area contributed by atoms with Crippen LogP contribution in [-0.2, 0) is 6.18 Å². The molecule has 0 amide bonds. The molecule has 1 N–H and O–H groups in total. The fraction of sp³-hybridized carbons (Fsp3) is 0.583. The lowest BCUT2D eigenvalue weighted by atomic mass is 10.2. The average molecular weight is 370 g/mol. The van der Waals surface area contributed by atoms with E-state index in [1.165, 1.54) is 6.20 Å². The van der Waals surface area contributed by atoms with E-state index >= 15 is 0 Å². The third-order valence-corrected chi connectivity index (χ3v) is 4.36. The number of nitrogens with zero attached hydrogens (tertiary/aromatic N) is 2. The monoisotopic (exact) mass is 369 g/mol. The number of alkyl halides is 3. The van der Waals surface area contributed by atoms with Gasteiger partial charge in [-0.1, -0.05) is 0 Å². The zero-order valence-corrected chi connectivity index (χ0v) is 13.1. The lowest BCUT2D eigenvalue weighted by Crippen LogP contribution is -2.36. The zero-order valence-electron chi connectivity index (χ0n) is 10.7. The third-order valence-electron chi connectivity index (χ3n) is 2.98. The normalized spacial score (nSPS) is 17.2. The van der Waals surface area contributed by atoms with E-state index in [9.17, 15) is 13.2 Å². The van der Waals surface area contributed by atoms with Gasteiger partial charge >= 0.3 is 6.18 Å². The fourth-order valence-electron chi connectivity index (χ4n) is 1.95. The molecule has 0 aromatic carbocycles. The summed E-state index contributed by atoms with van der Waals surface area (Å²) >= 11 is 4.93. The minimum absolute atomic E-state index is 0.105. The first-order valence-corrected chi connectivity index (χ1v) is 8.18. The van der Waals surface area contributed by atoms with Crippen molar-refractivity contribution in [2.45, 2.75) is 6.18 Å². The molecule has 2 heterocycles. The second-order valence-electron chi connectivity index (χ2n) is 4.43. The Morgan fingerprint density at radius 2 is 2.05 bits per heavy atom. The average Bonchev–Trinajstić information content (AvgIpc) is 2.40. The number of nitrogens with one attached hydrogen (secondary N) is 1. The highest BCUT2D eigenvalue weighted by atomic mass is 79.9. The van der Waals surface area contributed by atoms with Crippen LogP contribution in [-0.4, -0.2) is 47.6 Å².